The maximum absolute atomic E-state index is 14.0. The molecule has 46 heavy (non-hydrogen) atoms. The molecular weight excluding hydrogens is 653 g/mol. The predicted octanol–water partition coefficient (Wildman–Crippen LogP) is 10.3. The third kappa shape index (κ3) is 6.20. The number of amides is 1. The molecular formula is C32H21ClF9NO3. The second-order valence-corrected chi connectivity index (χ2v) is 11.2. The molecule has 4 aromatic carbocycles. The van der Waals surface area contributed by atoms with Crippen LogP contribution in [0.2, 0.25) is 5.02 Å². The van der Waals surface area contributed by atoms with Crippen molar-refractivity contribution in [2.75, 3.05) is 6.61 Å². The highest BCUT2D eigenvalue weighted by Crippen LogP contribution is 2.46. The molecule has 1 amide bonds. The van der Waals surface area contributed by atoms with E-state index in [9.17, 15) is 49.4 Å². The Labute approximate surface area is 260 Å². The van der Waals surface area contributed by atoms with Crippen LogP contribution in [0.25, 0.3) is 22.3 Å². The third-order valence-electron chi connectivity index (χ3n) is 7.74. The number of hydrogen-bond acceptors (Lipinski definition) is 3. The van der Waals surface area contributed by atoms with Crippen LogP contribution in [-0.4, -0.2) is 22.7 Å². The van der Waals surface area contributed by atoms with Gasteiger partial charge in [0.1, 0.15) is 17.9 Å². The van der Waals surface area contributed by atoms with Gasteiger partial charge in [0.05, 0.1) is 23.2 Å². The van der Waals surface area contributed by atoms with Gasteiger partial charge in [-0.3, -0.25) is 4.90 Å². The molecule has 242 valence electrons. The lowest BCUT2D eigenvalue weighted by Crippen LogP contribution is -2.43. The molecule has 1 N–H and O–H groups in total. The Morgan fingerprint density at radius 3 is 2.09 bits per heavy atom. The predicted molar refractivity (Wildman–Crippen MR) is 150 cm³/mol. The lowest BCUT2D eigenvalue weighted by Gasteiger charge is -2.35. The highest BCUT2D eigenvalue weighted by molar-refractivity contribution is 6.33. The van der Waals surface area contributed by atoms with Crippen LogP contribution < -0.4 is 0 Å². The Morgan fingerprint density at radius 1 is 0.783 bits per heavy atom. The number of alkyl halides is 9. The molecule has 0 saturated carbocycles. The number of phenolic OH excluding ortho intramolecular Hbond substituents is 1. The average molecular weight is 674 g/mol. The number of cyclic esters (lactones) is 1. The van der Waals surface area contributed by atoms with E-state index in [0.717, 1.165) is 41.3 Å². The molecule has 0 aromatic heterocycles. The topological polar surface area (TPSA) is 49.8 Å². The maximum Gasteiger partial charge on any atom is 0.417 e. The van der Waals surface area contributed by atoms with Gasteiger partial charge in [-0.25, -0.2) is 4.79 Å². The van der Waals surface area contributed by atoms with Crippen molar-refractivity contribution in [1.29, 1.82) is 0 Å². The van der Waals surface area contributed by atoms with Crippen LogP contribution >= 0.6 is 11.6 Å². The van der Waals surface area contributed by atoms with Gasteiger partial charge in [0.15, 0.2) is 0 Å². The van der Waals surface area contributed by atoms with Gasteiger partial charge < -0.3 is 9.84 Å². The van der Waals surface area contributed by atoms with Crippen molar-refractivity contribution in [3.05, 3.63) is 112 Å². The van der Waals surface area contributed by atoms with E-state index in [1.165, 1.54) is 31.2 Å². The van der Waals surface area contributed by atoms with Gasteiger partial charge in [-0.15, -0.1) is 0 Å². The minimum atomic E-state index is -4.89. The Kier molecular flexibility index (Phi) is 8.21. The van der Waals surface area contributed by atoms with Crippen molar-refractivity contribution < 1.29 is 54.2 Å². The van der Waals surface area contributed by atoms with Gasteiger partial charge in [-0.05, 0) is 77.2 Å². The molecule has 1 fully saturated rings. The number of carbonyl (C=O) groups is 1. The van der Waals surface area contributed by atoms with Crippen LogP contribution in [0.5, 0.6) is 5.75 Å². The Morgan fingerprint density at radius 2 is 1.43 bits per heavy atom. The van der Waals surface area contributed by atoms with E-state index >= 15 is 0 Å². The molecule has 5 rings (SSSR count). The number of phenols is 1. The number of hydrogen-bond donors (Lipinski definition) is 1. The largest absolute Gasteiger partial charge is 0.508 e. The van der Waals surface area contributed by atoms with Crippen LogP contribution in [0, 0.1) is 0 Å². The van der Waals surface area contributed by atoms with Gasteiger partial charge in [-0.1, -0.05) is 48.0 Å². The van der Waals surface area contributed by atoms with Gasteiger partial charge >= 0.3 is 24.6 Å². The fourth-order valence-corrected chi connectivity index (χ4v) is 5.69. The molecule has 14 heteroatoms. The lowest BCUT2D eigenvalue weighted by atomic mass is 9.86. The summed E-state index contributed by atoms with van der Waals surface area (Å²) in [6.07, 6.45) is -15.7. The minimum absolute atomic E-state index is 0.0194. The van der Waals surface area contributed by atoms with Crippen LogP contribution in [0.1, 0.15) is 34.7 Å². The van der Waals surface area contributed by atoms with Crippen molar-refractivity contribution in [3.8, 4) is 28.0 Å². The molecule has 0 bridgehead atoms. The molecule has 1 saturated heterocycles. The van der Waals surface area contributed by atoms with Gasteiger partial charge in [0, 0.05) is 10.6 Å². The highest BCUT2D eigenvalue weighted by Gasteiger charge is 2.49. The van der Waals surface area contributed by atoms with E-state index in [4.69, 9.17) is 16.3 Å². The monoisotopic (exact) mass is 673 g/mol. The summed E-state index contributed by atoms with van der Waals surface area (Å²) in [7, 11) is 0. The van der Waals surface area contributed by atoms with E-state index in [0.29, 0.717) is 18.2 Å². The van der Waals surface area contributed by atoms with Crippen molar-refractivity contribution in [2.45, 2.75) is 37.5 Å². The summed E-state index contributed by atoms with van der Waals surface area (Å²) in [6, 6.07) is 13.1. The van der Waals surface area contributed by atoms with Crippen molar-refractivity contribution in [3.63, 3.8) is 0 Å². The summed E-state index contributed by atoms with van der Waals surface area (Å²) < 4.78 is 130. The SMILES string of the molecule is CC1(c2ccccc2C(F)(F)F)COC(=O)N1Cc1cc(C(F)(F)F)ccc1-c1cc(-c2ccc(O)cc2C(F)(F)F)ccc1Cl. The summed E-state index contributed by atoms with van der Waals surface area (Å²) in [6.45, 7) is 0.0473. The van der Waals surface area contributed by atoms with Crippen LogP contribution in [0.4, 0.5) is 44.3 Å². The second-order valence-electron chi connectivity index (χ2n) is 10.7. The van der Waals surface area contributed by atoms with Gasteiger partial charge in [-0.2, -0.15) is 39.5 Å². The number of benzene rings is 4. The molecule has 1 aliphatic rings. The summed E-state index contributed by atoms with van der Waals surface area (Å²) in [5.74, 6) is -0.650. The highest BCUT2D eigenvalue weighted by atomic mass is 35.5. The second kappa shape index (κ2) is 11.4. The van der Waals surface area contributed by atoms with Crippen molar-refractivity contribution in [1.82, 2.24) is 4.90 Å². The summed E-state index contributed by atoms with van der Waals surface area (Å²) >= 11 is 6.43. The number of nitrogens with zero attached hydrogens (tertiary/aromatic N) is 1. The zero-order chi connectivity index (χ0) is 33.8. The fourth-order valence-electron chi connectivity index (χ4n) is 5.47. The first kappa shape index (κ1) is 33.0. The van der Waals surface area contributed by atoms with Crippen molar-refractivity contribution >= 4 is 17.7 Å². The number of rotatable bonds is 5. The number of carbonyl (C=O) groups excluding carboxylic acids is 1. The number of aromatic hydroxyl groups is 1. The summed E-state index contributed by atoms with van der Waals surface area (Å²) in [5.41, 5.74) is -6.23. The molecule has 0 radical (unpaired) electrons. The van der Waals surface area contributed by atoms with Crippen LogP contribution in [0.15, 0.2) is 78.9 Å². The molecule has 0 spiro atoms. The fraction of sp³-hybridized carbons (Fsp3) is 0.219. The molecule has 1 heterocycles. The van der Waals surface area contributed by atoms with E-state index in [2.05, 4.69) is 0 Å². The molecule has 1 unspecified atom stereocenters. The zero-order valence-electron chi connectivity index (χ0n) is 23.4. The van der Waals surface area contributed by atoms with Gasteiger partial charge in [0.2, 0.25) is 0 Å². The molecule has 0 aliphatic carbocycles. The summed E-state index contributed by atoms with van der Waals surface area (Å²) in [5, 5.41) is 9.60. The van der Waals surface area contributed by atoms with E-state index in [-0.39, 0.29) is 38.4 Å². The van der Waals surface area contributed by atoms with Crippen LogP contribution in [0.3, 0.4) is 0 Å². The van der Waals surface area contributed by atoms with Crippen LogP contribution in [-0.2, 0) is 35.3 Å². The Bertz CT molecular complexity index is 1820. The molecule has 1 aliphatic heterocycles. The lowest BCUT2D eigenvalue weighted by molar-refractivity contribution is -0.139. The van der Waals surface area contributed by atoms with E-state index in [1.54, 1.807) is 0 Å². The van der Waals surface area contributed by atoms with E-state index < -0.39 is 65.8 Å². The third-order valence-corrected chi connectivity index (χ3v) is 8.07. The first-order chi connectivity index (χ1) is 21.3. The normalized spacial score (nSPS) is 17.4. The Balaban J connectivity index is 1.68. The Hall–Kier alpha value is -4.39. The smallest absolute Gasteiger partial charge is 0.417 e. The molecule has 4 aromatic rings. The maximum atomic E-state index is 14.0. The quantitative estimate of drug-likeness (QED) is 0.215. The molecule has 1 atom stereocenters. The number of ether oxygens (including phenoxy) is 1. The first-order valence-electron chi connectivity index (χ1n) is 13.3. The molecule has 4 nitrogen and oxygen atoms in total. The van der Waals surface area contributed by atoms with Crippen molar-refractivity contribution in [2.24, 2.45) is 0 Å². The van der Waals surface area contributed by atoms with Gasteiger partial charge in [0.25, 0.3) is 0 Å². The zero-order valence-corrected chi connectivity index (χ0v) is 24.2. The number of halogens is 10. The first-order valence-corrected chi connectivity index (χ1v) is 13.7. The minimum Gasteiger partial charge on any atom is -0.508 e. The summed E-state index contributed by atoms with van der Waals surface area (Å²) in [4.78, 5) is 13.8. The standard InChI is InChI=1S/C32H21ClF9NO3/c1-29(24-4-2-3-5-25(24)31(37,38)39)16-46-28(45)43(29)15-18-12-19(30(34,35)36)7-9-21(18)23-13-17(6-11-27(23)33)22-10-8-20(44)14-26(22)32(40,41)42/h2-14,44H,15-16H2,1H3. The van der Waals surface area contributed by atoms with E-state index in [1.807, 2.05) is 0 Å². The average Bonchev–Trinajstić information content (AvgIpc) is 3.26.